The number of esters is 1. The predicted octanol–water partition coefficient (Wildman–Crippen LogP) is 5.42. The fraction of sp³-hybridized carbons (Fsp3) is 0.200. The van der Waals surface area contributed by atoms with Crippen molar-refractivity contribution in [1.29, 1.82) is 0 Å². The fourth-order valence-corrected chi connectivity index (χ4v) is 3.90. The molecule has 0 spiro atoms. The van der Waals surface area contributed by atoms with Crippen LogP contribution in [0.5, 0.6) is 0 Å². The maximum absolute atomic E-state index is 12.4. The van der Waals surface area contributed by atoms with Gasteiger partial charge in [0, 0.05) is 15.5 Å². The van der Waals surface area contributed by atoms with Gasteiger partial charge in [-0.2, -0.15) is 0 Å². The monoisotopic (exact) mass is 335 g/mol. The first kappa shape index (κ1) is 15.1. The van der Waals surface area contributed by atoms with E-state index in [0.717, 1.165) is 21.0 Å². The van der Waals surface area contributed by atoms with Gasteiger partial charge < -0.3 is 4.74 Å². The van der Waals surface area contributed by atoms with Crippen LogP contribution in [-0.2, 0) is 4.74 Å². The average molecular weight is 335 g/mol. The Labute approximate surface area is 143 Å². The van der Waals surface area contributed by atoms with Crippen LogP contribution in [0.1, 0.15) is 24.2 Å². The van der Waals surface area contributed by atoms with E-state index >= 15 is 0 Å². The van der Waals surface area contributed by atoms with E-state index in [1.54, 1.807) is 17.4 Å². The number of rotatable bonds is 3. The second-order valence-electron chi connectivity index (χ2n) is 6.30. The molecular weight excluding hydrogens is 318 g/mol. The maximum atomic E-state index is 12.4. The molecule has 0 N–H and O–H groups in total. The molecule has 3 nitrogen and oxygen atoms in total. The number of carbonyl (C=O) groups excluding carboxylic acids is 1. The van der Waals surface area contributed by atoms with Crippen LogP contribution in [0, 0.1) is 5.92 Å². The van der Waals surface area contributed by atoms with Crippen molar-refractivity contribution in [3.63, 3.8) is 0 Å². The third-order valence-corrected chi connectivity index (χ3v) is 5.05. The predicted molar refractivity (Wildman–Crippen MR) is 99.8 cm³/mol. The molecule has 2 heterocycles. The summed E-state index contributed by atoms with van der Waals surface area (Å²) in [6, 6.07) is 16.0. The summed E-state index contributed by atoms with van der Waals surface area (Å²) >= 11 is 1.73. The molecule has 0 amide bonds. The minimum absolute atomic E-state index is 0.305. The highest BCUT2D eigenvalue weighted by Gasteiger charge is 2.15. The summed E-state index contributed by atoms with van der Waals surface area (Å²) in [4.78, 5) is 17.3. The Morgan fingerprint density at radius 1 is 1.08 bits per heavy atom. The van der Waals surface area contributed by atoms with Crippen LogP contribution >= 0.6 is 11.3 Å². The van der Waals surface area contributed by atoms with Crippen molar-refractivity contribution in [2.24, 2.45) is 5.92 Å². The Morgan fingerprint density at radius 2 is 1.92 bits per heavy atom. The van der Waals surface area contributed by atoms with Gasteiger partial charge in [-0.05, 0) is 24.1 Å². The first-order valence-corrected chi connectivity index (χ1v) is 8.83. The lowest BCUT2D eigenvalue weighted by Crippen LogP contribution is -2.11. The van der Waals surface area contributed by atoms with E-state index in [9.17, 15) is 4.79 Å². The molecule has 0 fully saturated rings. The number of aromatic nitrogens is 1. The number of para-hydroxylation sites is 1. The molecule has 0 saturated heterocycles. The summed E-state index contributed by atoms with van der Waals surface area (Å²) in [7, 11) is 0. The first-order chi connectivity index (χ1) is 11.6. The molecule has 0 aliphatic carbocycles. The number of hydrogen-bond acceptors (Lipinski definition) is 4. The molecule has 0 atom stereocenters. The van der Waals surface area contributed by atoms with Crippen LogP contribution in [0.25, 0.3) is 31.2 Å². The van der Waals surface area contributed by atoms with Gasteiger partial charge in [0.25, 0.3) is 0 Å². The van der Waals surface area contributed by atoms with Crippen LogP contribution in [0.4, 0.5) is 0 Å². The van der Waals surface area contributed by atoms with Crippen LogP contribution in [-0.4, -0.2) is 17.6 Å². The van der Waals surface area contributed by atoms with E-state index in [4.69, 9.17) is 9.72 Å². The molecule has 0 unspecified atom stereocenters. The fourth-order valence-electron chi connectivity index (χ4n) is 2.80. The van der Waals surface area contributed by atoms with Crippen molar-refractivity contribution in [3.05, 3.63) is 54.1 Å². The third kappa shape index (κ3) is 2.53. The molecule has 4 aromatic rings. The Kier molecular flexibility index (Phi) is 3.69. The van der Waals surface area contributed by atoms with E-state index in [2.05, 4.69) is 18.2 Å². The number of fused-ring (bicyclic) bond motifs is 4. The Balaban J connectivity index is 1.92. The quantitative estimate of drug-likeness (QED) is 0.470. The molecular formula is C20H17NO2S. The smallest absolute Gasteiger partial charge is 0.340 e. The summed E-state index contributed by atoms with van der Waals surface area (Å²) in [6.45, 7) is 4.46. The Bertz CT molecular complexity index is 1070. The van der Waals surface area contributed by atoms with Gasteiger partial charge in [-0.3, -0.25) is 0 Å². The largest absolute Gasteiger partial charge is 0.462 e. The maximum Gasteiger partial charge on any atom is 0.340 e. The van der Waals surface area contributed by atoms with Gasteiger partial charge in [0.05, 0.1) is 27.9 Å². The zero-order chi connectivity index (χ0) is 16.7. The van der Waals surface area contributed by atoms with E-state index in [1.807, 2.05) is 38.1 Å². The zero-order valence-electron chi connectivity index (χ0n) is 13.6. The second kappa shape index (κ2) is 5.87. The van der Waals surface area contributed by atoms with E-state index in [1.165, 1.54) is 4.70 Å². The number of thiophene rings is 1. The van der Waals surface area contributed by atoms with Gasteiger partial charge in [-0.25, -0.2) is 9.78 Å². The standard InChI is InChI=1S/C20H17NO2S/c1-12(2)11-23-20(22)15-8-5-6-13-10-17-19(21-18(13)15)14-7-3-4-9-16(14)24-17/h3-10,12H,11H2,1-2H3. The molecule has 24 heavy (non-hydrogen) atoms. The second-order valence-corrected chi connectivity index (χ2v) is 7.39. The molecule has 2 aromatic carbocycles. The van der Waals surface area contributed by atoms with E-state index in [0.29, 0.717) is 23.6 Å². The molecule has 4 rings (SSSR count). The van der Waals surface area contributed by atoms with Crippen LogP contribution < -0.4 is 0 Å². The highest BCUT2D eigenvalue weighted by molar-refractivity contribution is 7.25. The van der Waals surface area contributed by atoms with Gasteiger partial charge in [-0.1, -0.05) is 44.2 Å². The van der Waals surface area contributed by atoms with Crippen LogP contribution in [0.3, 0.4) is 0 Å². The SMILES string of the molecule is CC(C)COC(=O)c1cccc2cc3sc4ccccc4c3nc12. The topological polar surface area (TPSA) is 39.2 Å². The van der Waals surface area contributed by atoms with Crippen molar-refractivity contribution >= 4 is 48.5 Å². The molecule has 120 valence electrons. The van der Waals surface area contributed by atoms with Crippen LogP contribution in [0.15, 0.2) is 48.5 Å². The van der Waals surface area contributed by atoms with Gasteiger partial charge in [0.2, 0.25) is 0 Å². The first-order valence-electron chi connectivity index (χ1n) is 8.01. The number of carbonyl (C=O) groups is 1. The average Bonchev–Trinajstić information content (AvgIpc) is 2.94. The van der Waals surface area contributed by atoms with Gasteiger partial charge in [-0.15, -0.1) is 11.3 Å². The lowest BCUT2D eigenvalue weighted by atomic mass is 10.1. The summed E-state index contributed by atoms with van der Waals surface area (Å²) in [6.07, 6.45) is 0. The summed E-state index contributed by atoms with van der Waals surface area (Å²) < 4.78 is 7.75. The van der Waals surface area contributed by atoms with Crippen molar-refractivity contribution < 1.29 is 9.53 Å². The molecule has 0 bridgehead atoms. The molecule has 4 heteroatoms. The highest BCUT2D eigenvalue weighted by Crippen LogP contribution is 2.34. The van der Waals surface area contributed by atoms with Crippen molar-refractivity contribution in [1.82, 2.24) is 4.98 Å². The lowest BCUT2D eigenvalue weighted by Gasteiger charge is -2.09. The van der Waals surface area contributed by atoms with E-state index < -0.39 is 0 Å². The van der Waals surface area contributed by atoms with E-state index in [-0.39, 0.29) is 5.97 Å². The highest BCUT2D eigenvalue weighted by atomic mass is 32.1. The van der Waals surface area contributed by atoms with Crippen molar-refractivity contribution in [2.75, 3.05) is 6.61 Å². The molecule has 0 radical (unpaired) electrons. The Morgan fingerprint density at radius 3 is 2.75 bits per heavy atom. The molecule has 0 saturated carbocycles. The van der Waals surface area contributed by atoms with Crippen molar-refractivity contribution in [3.8, 4) is 0 Å². The molecule has 0 aliphatic rings. The third-order valence-electron chi connectivity index (χ3n) is 3.94. The normalized spacial score (nSPS) is 11.6. The number of pyridine rings is 1. The van der Waals surface area contributed by atoms with Crippen LogP contribution in [0.2, 0.25) is 0 Å². The summed E-state index contributed by atoms with van der Waals surface area (Å²) in [5.74, 6) is 0.00472. The minimum Gasteiger partial charge on any atom is -0.462 e. The number of hydrogen-bond donors (Lipinski definition) is 0. The summed E-state index contributed by atoms with van der Waals surface area (Å²) in [5, 5.41) is 2.10. The number of nitrogens with zero attached hydrogens (tertiary/aromatic N) is 1. The number of benzene rings is 2. The Hall–Kier alpha value is -2.46. The number of ether oxygens (including phenoxy) is 1. The summed E-state index contributed by atoms with van der Waals surface area (Å²) in [5.41, 5.74) is 2.19. The molecule has 2 aromatic heterocycles. The lowest BCUT2D eigenvalue weighted by molar-refractivity contribution is 0.0461. The van der Waals surface area contributed by atoms with Gasteiger partial charge >= 0.3 is 5.97 Å². The molecule has 0 aliphatic heterocycles. The zero-order valence-corrected chi connectivity index (χ0v) is 14.4. The van der Waals surface area contributed by atoms with Gasteiger partial charge in [0.1, 0.15) is 0 Å². The van der Waals surface area contributed by atoms with Gasteiger partial charge in [0.15, 0.2) is 0 Å². The minimum atomic E-state index is -0.305. The van der Waals surface area contributed by atoms with Crippen molar-refractivity contribution in [2.45, 2.75) is 13.8 Å².